The zero-order valence-corrected chi connectivity index (χ0v) is 15.4. The maximum atomic E-state index is 6.53. The van der Waals surface area contributed by atoms with Crippen LogP contribution < -0.4 is 5.32 Å². The molecule has 1 saturated heterocycles. The van der Waals surface area contributed by atoms with Crippen LogP contribution in [0, 0.1) is 17.3 Å². The molecule has 4 nitrogen and oxygen atoms in total. The van der Waals surface area contributed by atoms with Gasteiger partial charge in [0.25, 0.3) is 0 Å². The summed E-state index contributed by atoms with van der Waals surface area (Å²) in [6.45, 7) is 9.15. The first-order valence-electron chi connectivity index (χ1n) is 9.45. The van der Waals surface area contributed by atoms with E-state index >= 15 is 0 Å². The number of rotatable bonds is 3. The summed E-state index contributed by atoms with van der Waals surface area (Å²) in [6, 6.07) is 8.18. The van der Waals surface area contributed by atoms with Gasteiger partial charge < -0.3 is 19.0 Å². The molecule has 2 heterocycles. The molecule has 6 rings (SSSR count). The Labute approximate surface area is 149 Å². The van der Waals surface area contributed by atoms with E-state index in [4.69, 9.17) is 13.7 Å². The molecular weight excluding hydrogens is 313 g/mol. The molecule has 0 amide bonds. The van der Waals surface area contributed by atoms with Gasteiger partial charge in [0, 0.05) is 10.8 Å². The monoisotopic (exact) mass is 339 g/mol. The molecule has 1 aromatic carbocycles. The van der Waals surface area contributed by atoms with Crippen LogP contribution in [0.2, 0.25) is 0 Å². The van der Waals surface area contributed by atoms with Gasteiger partial charge >= 0.3 is 7.12 Å². The van der Waals surface area contributed by atoms with Gasteiger partial charge in [-0.3, -0.25) is 0 Å². The highest BCUT2D eigenvalue weighted by atomic mass is 16.7. The maximum absolute atomic E-state index is 6.53. The first-order valence-corrected chi connectivity index (χ1v) is 9.45. The summed E-state index contributed by atoms with van der Waals surface area (Å²) in [7, 11) is -0.242. The molecule has 25 heavy (non-hydrogen) atoms. The average molecular weight is 339 g/mol. The van der Waals surface area contributed by atoms with Crippen LogP contribution >= 0.6 is 0 Å². The quantitative estimate of drug-likeness (QED) is 0.836. The first-order chi connectivity index (χ1) is 11.9. The van der Waals surface area contributed by atoms with Crippen molar-refractivity contribution in [2.45, 2.75) is 58.2 Å². The van der Waals surface area contributed by atoms with Crippen molar-refractivity contribution < 1.29 is 13.7 Å². The number of nitrogens with one attached hydrogen (secondary N) is 1. The van der Waals surface area contributed by atoms with Gasteiger partial charge in [0.2, 0.25) is 0 Å². The molecule has 4 fully saturated rings. The minimum atomic E-state index is -0.242. The lowest BCUT2D eigenvalue weighted by molar-refractivity contribution is -0.199. The second-order valence-electron chi connectivity index (χ2n) is 8.92. The Morgan fingerprint density at radius 3 is 2.80 bits per heavy atom. The fourth-order valence-corrected chi connectivity index (χ4v) is 5.49. The highest BCUT2D eigenvalue weighted by molar-refractivity contribution is 6.48. The van der Waals surface area contributed by atoms with Crippen molar-refractivity contribution in [3.63, 3.8) is 0 Å². The minimum absolute atomic E-state index is 0.0253. The molecule has 1 aliphatic heterocycles. The Morgan fingerprint density at radius 2 is 2.00 bits per heavy atom. The third-order valence-corrected chi connectivity index (χ3v) is 7.24. The number of hydrogen-bond donors (Lipinski definition) is 1. The molecule has 3 aliphatic carbocycles. The highest BCUT2D eigenvalue weighted by Gasteiger charge is 2.68. The summed E-state index contributed by atoms with van der Waals surface area (Å²) in [5.74, 6) is 2.18. The van der Waals surface area contributed by atoms with Gasteiger partial charge in [0.05, 0.1) is 17.6 Å². The largest absolute Gasteiger partial charge is 0.481 e. The van der Waals surface area contributed by atoms with E-state index in [-0.39, 0.29) is 24.8 Å². The highest BCUT2D eigenvalue weighted by Crippen LogP contribution is 2.65. The summed E-state index contributed by atoms with van der Waals surface area (Å²) >= 11 is 0. The average Bonchev–Trinajstić information content (AvgIpc) is 3.15. The smallest absolute Gasteiger partial charge is 0.448 e. The van der Waals surface area contributed by atoms with Gasteiger partial charge in [-0.25, -0.2) is 0 Å². The van der Waals surface area contributed by atoms with E-state index in [1.54, 1.807) is 6.26 Å². The maximum Gasteiger partial charge on any atom is 0.481 e. The molecule has 0 spiro atoms. The van der Waals surface area contributed by atoms with Gasteiger partial charge in [-0.1, -0.05) is 32.0 Å². The third-order valence-electron chi connectivity index (χ3n) is 7.24. The van der Waals surface area contributed by atoms with Crippen molar-refractivity contribution in [1.29, 1.82) is 0 Å². The van der Waals surface area contributed by atoms with Gasteiger partial charge in [0.1, 0.15) is 6.26 Å². The van der Waals surface area contributed by atoms with Crippen molar-refractivity contribution >= 4 is 23.8 Å². The molecule has 0 radical (unpaired) electrons. The van der Waals surface area contributed by atoms with Gasteiger partial charge in [-0.15, -0.1) is 0 Å². The standard InChI is InChI=1S/C20H26BNO3/c1-12(22-18-15-8-6-5-7-13(15)11-23-18)21-24-17-10-14-9-16(19(14,2)3)20(17,4)25-21/h5-8,11-12,14,16-17,22H,9-10H2,1-4H3/t12?,14-,16-,17+,20-/m0/s1. The van der Waals surface area contributed by atoms with Gasteiger partial charge in [0.15, 0.2) is 5.88 Å². The van der Waals surface area contributed by atoms with Crippen LogP contribution in [0.3, 0.4) is 0 Å². The fraction of sp³-hybridized carbons (Fsp3) is 0.600. The van der Waals surface area contributed by atoms with Crippen LogP contribution in [-0.4, -0.2) is 24.8 Å². The second-order valence-corrected chi connectivity index (χ2v) is 8.92. The van der Waals surface area contributed by atoms with Crippen LogP contribution in [0.1, 0.15) is 40.5 Å². The topological polar surface area (TPSA) is 43.6 Å². The Bertz CT molecular complexity index is 818. The molecule has 1 aromatic heterocycles. The van der Waals surface area contributed by atoms with E-state index in [0.717, 1.165) is 29.0 Å². The van der Waals surface area contributed by atoms with E-state index in [1.807, 2.05) is 12.1 Å². The van der Waals surface area contributed by atoms with E-state index in [9.17, 15) is 0 Å². The lowest BCUT2D eigenvalue weighted by Crippen LogP contribution is -2.65. The van der Waals surface area contributed by atoms with Gasteiger partial charge in [-0.05, 0) is 50.0 Å². The van der Waals surface area contributed by atoms with Crippen LogP contribution in [-0.2, 0) is 9.31 Å². The summed E-state index contributed by atoms with van der Waals surface area (Å²) in [5.41, 5.74) is 0.210. The van der Waals surface area contributed by atoms with Crippen molar-refractivity contribution in [1.82, 2.24) is 0 Å². The molecular formula is C20H26BNO3. The number of benzene rings is 1. The lowest BCUT2D eigenvalue weighted by atomic mass is 9.43. The van der Waals surface area contributed by atoms with Crippen LogP contribution in [0.5, 0.6) is 0 Å². The fourth-order valence-electron chi connectivity index (χ4n) is 5.49. The number of anilines is 1. The van der Waals surface area contributed by atoms with Crippen LogP contribution in [0.15, 0.2) is 34.9 Å². The molecule has 5 heteroatoms. The first kappa shape index (κ1) is 15.8. The number of fused-ring (bicyclic) bond motifs is 1. The Hall–Kier alpha value is -1.46. The zero-order valence-electron chi connectivity index (χ0n) is 15.4. The Morgan fingerprint density at radius 1 is 1.20 bits per heavy atom. The summed E-state index contributed by atoms with van der Waals surface area (Å²) in [6.07, 6.45) is 4.40. The lowest BCUT2D eigenvalue weighted by Gasteiger charge is -2.64. The summed E-state index contributed by atoms with van der Waals surface area (Å²) in [5, 5.41) is 5.67. The van der Waals surface area contributed by atoms with E-state index in [1.165, 1.54) is 6.42 Å². The molecule has 4 aliphatic rings. The SMILES string of the molecule is CC(Nc1occ2ccccc12)B1O[C@@H]2C[C@@H]3C[C@@H](C3(C)C)[C@]2(C)O1. The normalized spacial score (nSPS) is 36.8. The molecule has 2 aromatic rings. The van der Waals surface area contributed by atoms with Crippen LogP contribution in [0.4, 0.5) is 5.88 Å². The number of hydrogen-bond acceptors (Lipinski definition) is 4. The van der Waals surface area contributed by atoms with Gasteiger partial charge in [-0.2, -0.15) is 0 Å². The molecule has 5 atom stereocenters. The van der Waals surface area contributed by atoms with Crippen molar-refractivity contribution in [2.24, 2.45) is 17.3 Å². The van der Waals surface area contributed by atoms with Crippen molar-refractivity contribution in [3.8, 4) is 0 Å². The molecule has 1 unspecified atom stereocenters. The van der Waals surface area contributed by atoms with E-state index < -0.39 is 0 Å². The predicted octanol–water partition coefficient (Wildman–Crippen LogP) is 4.50. The number of furan rings is 1. The minimum Gasteiger partial charge on any atom is -0.448 e. The predicted molar refractivity (Wildman–Crippen MR) is 99.4 cm³/mol. The zero-order chi connectivity index (χ0) is 17.4. The Kier molecular flexibility index (Phi) is 3.18. The molecule has 132 valence electrons. The van der Waals surface area contributed by atoms with Crippen molar-refractivity contribution in [2.75, 3.05) is 5.32 Å². The van der Waals surface area contributed by atoms with Crippen molar-refractivity contribution in [3.05, 3.63) is 30.5 Å². The second kappa shape index (κ2) is 5.04. The summed E-state index contributed by atoms with van der Waals surface area (Å²) < 4.78 is 18.6. The van der Waals surface area contributed by atoms with E-state index in [0.29, 0.717) is 11.3 Å². The molecule has 2 bridgehead atoms. The van der Waals surface area contributed by atoms with Crippen LogP contribution in [0.25, 0.3) is 10.8 Å². The molecule has 3 saturated carbocycles. The third kappa shape index (κ3) is 2.09. The molecule has 1 N–H and O–H groups in total. The van der Waals surface area contributed by atoms with E-state index in [2.05, 4.69) is 45.1 Å². The summed E-state index contributed by atoms with van der Waals surface area (Å²) in [4.78, 5) is 0. The Balaban J connectivity index is 1.35.